The molecule has 0 atom stereocenters. The molecule has 0 saturated carbocycles. The van der Waals surface area contributed by atoms with E-state index in [1.54, 1.807) is 6.07 Å². The quantitative estimate of drug-likeness (QED) is 0.314. The Morgan fingerprint density at radius 3 is 2.55 bits per heavy atom. The van der Waals surface area contributed by atoms with E-state index >= 15 is 0 Å². The number of hydrogen-bond acceptors (Lipinski definition) is 7. The largest absolute Gasteiger partial charge is 0.494 e. The minimum atomic E-state index is -0.849. The van der Waals surface area contributed by atoms with Crippen LogP contribution < -0.4 is 15.2 Å². The van der Waals surface area contributed by atoms with E-state index in [-0.39, 0.29) is 5.56 Å². The van der Waals surface area contributed by atoms with Crippen molar-refractivity contribution in [2.24, 2.45) is 0 Å². The third-order valence-corrected chi connectivity index (χ3v) is 8.18. The molecule has 0 radical (unpaired) electrons. The maximum atomic E-state index is 11.5. The van der Waals surface area contributed by atoms with E-state index in [0.29, 0.717) is 32.9 Å². The van der Waals surface area contributed by atoms with Gasteiger partial charge in [0.15, 0.2) is 0 Å². The van der Waals surface area contributed by atoms with Gasteiger partial charge in [-0.25, -0.2) is 4.79 Å². The first-order chi connectivity index (χ1) is 19.6. The summed E-state index contributed by atoms with van der Waals surface area (Å²) < 4.78 is 12.2. The number of piperazine rings is 1. The summed E-state index contributed by atoms with van der Waals surface area (Å²) in [6.07, 6.45) is 1.31. The number of unbranched alkanes of at least 4 members (excludes halogenated alkanes) is 1. The maximum Gasteiger partial charge on any atom is 0.407 e. The predicted octanol–water partition coefficient (Wildman–Crippen LogP) is 4.72. The van der Waals surface area contributed by atoms with Crippen LogP contribution in [0.25, 0.3) is 21.0 Å². The van der Waals surface area contributed by atoms with Crippen molar-refractivity contribution in [3.63, 3.8) is 0 Å². The van der Waals surface area contributed by atoms with Gasteiger partial charge < -0.3 is 29.4 Å². The van der Waals surface area contributed by atoms with Crippen molar-refractivity contribution in [1.82, 2.24) is 14.8 Å². The van der Waals surface area contributed by atoms with Crippen LogP contribution in [0.5, 0.6) is 5.75 Å². The highest BCUT2D eigenvalue weighted by molar-refractivity contribution is 7.17. The summed E-state index contributed by atoms with van der Waals surface area (Å²) in [6.45, 7) is 8.29. The summed E-state index contributed by atoms with van der Waals surface area (Å²) in [5.74, 6) is 0.811. The maximum absolute atomic E-state index is 11.5. The van der Waals surface area contributed by atoms with Crippen molar-refractivity contribution in [3.05, 3.63) is 70.3 Å². The van der Waals surface area contributed by atoms with Gasteiger partial charge in [0.25, 0.3) is 0 Å². The first kappa shape index (κ1) is 27.9. The van der Waals surface area contributed by atoms with Gasteiger partial charge in [-0.15, -0.1) is 11.3 Å². The minimum Gasteiger partial charge on any atom is -0.494 e. The number of H-pyrrole nitrogens is 1. The van der Waals surface area contributed by atoms with Gasteiger partial charge in [-0.2, -0.15) is 0 Å². The van der Waals surface area contributed by atoms with Crippen LogP contribution in [0.15, 0.2) is 64.8 Å². The zero-order chi connectivity index (χ0) is 27.7. The normalized spacial score (nSPS) is 16.1. The first-order valence-electron chi connectivity index (χ1n) is 13.8. The second-order valence-corrected chi connectivity index (χ2v) is 10.9. The van der Waals surface area contributed by atoms with Crippen LogP contribution in [0, 0.1) is 0 Å². The molecular weight excluding hydrogens is 528 g/mol. The average Bonchev–Trinajstić information content (AvgIpc) is 3.47. The lowest BCUT2D eigenvalue weighted by atomic mass is 10.2. The Hall–Kier alpha value is -3.60. The molecule has 2 N–H and O–H groups in total. The lowest BCUT2D eigenvalue weighted by molar-refractivity contribution is 0.0392. The second kappa shape index (κ2) is 13.6. The van der Waals surface area contributed by atoms with E-state index < -0.39 is 6.09 Å². The van der Waals surface area contributed by atoms with Gasteiger partial charge in [-0.1, -0.05) is 6.07 Å². The smallest absolute Gasteiger partial charge is 0.407 e. The fraction of sp³-hybridized carbons (Fsp3) is 0.400. The topological polar surface area (TPSA) is 98.3 Å². The van der Waals surface area contributed by atoms with Crippen molar-refractivity contribution in [2.75, 3.05) is 70.5 Å². The molecule has 2 aromatic carbocycles. The van der Waals surface area contributed by atoms with Gasteiger partial charge in [-0.3, -0.25) is 9.69 Å². The van der Waals surface area contributed by atoms with Gasteiger partial charge in [0, 0.05) is 67.2 Å². The highest BCUT2D eigenvalue weighted by Crippen LogP contribution is 2.31. The lowest BCUT2D eigenvalue weighted by Crippen LogP contribution is -2.46. The van der Waals surface area contributed by atoms with Crippen LogP contribution in [0.1, 0.15) is 12.8 Å². The molecule has 4 aromatic rings. The Morgan fingerprint density at radius 1 is 0.975 bits per heavy atom. The number of morpholine rings is 1. The van der Waals surface area contributed by atoms with Gasteiger partial charge in [0.2, 0.25) is 5.56 Å². The number of nitrogens with zero attached hydrogens (tertiary/aromatic N) is 3. The number of ether oxygens (including phenoxy) is 2. The molecule has 4 heterocycles. The van der Waals surface area contributed by atoms with Crippen molar-refractivity contribution in [3.8, 4) is 5.75 Å². The number of pyridine rings is 1. The van der Waals surface area contributed by atoms with Crippen molar-refractivity contribution < 1.29 is 19.4 Å². The molecule has 2 aromatic heterocycles. The molecular formula is C30H36N4O5S. The number of aromatic nitrogens is 1. The standard InChI is InChI=1S/C25H27N3O2S.C5H9NO3/c29-25-9-7-19-6-8-20(18-22(19)26-25)30-16-2-1-11-27-12-14-28(15-13-27)23-4-3-5-24-21(23)10-17-31-24;7-5(8)6-1-3-9-4-2-6/h3-10,17-18H,1-2,11-16H2,(H,26,29);1-4H2,(H,7,8). The highest BCUT2D eigenvalue weighted by Gasteiger charge is 2.18. The van der Waals surface area contributed by atoms with Crippen LogP contribution in [0.3, 0.4) is 0 Å². The van der Waals surface area contributed by atoms with E-state index in [1.807, 2.05) is 35.6 Å². The van der Waals surface area contributed by atoms with Crippen LogP contribution in [-0.2, 0) is 4.74 Å². The van der Waals surface area contributed by atoms with E-state index in [0.717, 1.165) is 62.2 Å². The number of carbonyl (C=O) groups is 1. The molecule has 9 nitrogen and oxygen atoms in total. The van der Waals surface area contributed by atoms with E-state index in [4.69, 9.17) is 14.6 Å². The Labute approximate surface area is 237 Å². The number of carboxylic acid groups (broad SMARTS) is 1. The Kier molecular flexibility index (Phi) is 9.54. The fourth-order valence-electron chi connectivity index (χ4n) is 5.07. The lowest BCUT2D eigenvalue weighted by Gasteiger charge is -2.36. The predicted molar refractivity (Wildman–Crippen MR) is 160 cm³/mol. The third kappa shape index (κ3) is 7.32. The van der Waals surface area contributed by atoms with E-state index in [2.05, 4.69) is 44.4 Å². The highest BCUT2D eigenvalue weighted by atomic mass is 32.1. The Balaban J connectivity index is 0.000000306. The molecule has 40 heavy (non-hydrogen) atoms. The van der Waals surface area contributed by atoms with Gasteiger partial charge >= 0.3 is 6.09 Å². The minimum absolute atomic E-state index is 0.0863. The molecule has 0 aliphatic carbocycles. The summed E-state index contributed by atoms with van der Waals surface area (Å²) in [5, 5.41) is 13.0. The van der Waals surface area contributed by atoms with Crippen LogP contribution in [0.4, 0.5) is 10.5 Å². The summed E-state index contributed by atoms with van der Waals surface area (Å²) in [6, 6.07) is 18.1. The van der Waals surface area contributed by atoms with Crippen molar-refractivity contribution in [1.29, 1.82) is 0 Å². The first-order valence-corrected chi connectivity index (χ1v) is 14.7. The summed E-state index contributed by atoms with van der Waals surface area (Å²) in [4.78, 5) is 31.0. The van der Waals surface area contributed by atoms with Crippen LogP contribution >= 0.6 is 11.3 Å². The number of aromatic amines is 1. The van der Waals surface area contributed by atoms with Crippen LogP contribution in [-0.4, -0.2) is 91.6 Å². The summed E-state index contributed by atoms with van der Waals surface area (Å²) in [5.41, 5.74) is 2.11. The Bertz CT molecular complexity index is 1460. The van der Waals surface area contributed by atoms with Crippen LogP contribution in [0.2, 0.25) is 0 Å². The number of hydrogen-bond donors (Lipinski definition) is 2. The fourth-order valence-corrected chi connectivity index (χ4v) is 5.87. The zero-order valence-electron chi connectivity index (χ0n) is 22.6. The van der Waals surface area contributed by atoms with Crippen molar-refractivity contribution >= 4 is 44.1 Å². The number of thiophene rings is 1. The molecule has 6 rings (SSSR count). The number of benzene rings is 2. The molecule has 0 bridgehead atoms. The molecule has 0 unspecified atom stereocenters. The van der Waals surface area contributed by atoms with Gasteiger partial charge in [-0.05, 0) is 66.6 Å². The molecule has 2 saturated heterocycles. The zero-order valence-corrected chi connectivity index (χ0v) is 23.4. The number of nitrogens with one attached hydrogen (secondary N) is 1. The molecule has 2 aliphatic rings. The Morgan fingerprint density at radius 2 is 1.77 bits per heavy atom. The summed E-state index contributed by atoms with van der Waals surface area (Å²) >= 11 is 1.82. The monoisotopic (exact) mass is 564 g/mol. The number of amides is 1. The summed E-state index contributed by atoms with van der Waals surface area (Å²) in [7, 11) is 0. The molecule has 2 fully saturated rings. The van der Waals surface area contributed by atoms with E-state index in [1.165, 1.54) is 20.7 Å². The van der Waals surface area contributed by atoms with Gasteiger partial charge in [0.1, 0.15) is 5.75 Å². The average molecular weight is 565 g/mol. The molecule has 2 aliphatic heterocycles. The van der Waals surface area contributed by atoms with E-state index in [9.17, 15) is 9.59 Å². The number of anilines is 1. The second-order valence-electron chi connectivity index (χ2n) is 9.95. The number of fused-ring (bicyclic) bond motifs is 2. The number of rotatable bonds is 7. The molecule has 212 valence electrons. The molecule has 0 spiro atoms. The SMILES string of the molecule is O=C(O)N1CCOCC1.O=c1ccc2ccc(OCCCCN3CCN(c4cccc5sccc45)CC3)cc2[nH]1. The van der Waals surface area contributed by atoms with Gasteiger partial charge in [0.05, 0.1) is 25.3 Å². The third-order valence-electron chi connectivity index (χ3n) is 7.30. The molecule has 10 heteroatoms. The molecule has 1 amide bonds. The van der Waals surface area contributed by atoms with Crippen molar-refractivity contribution in [2.45, 2.75) is 12.8 Å².